The highest BCUT2D eigenvalue weighted by Crippen LogP contribution is 2.22. The molecule has 1 saturated heterocycles. The Morgan fingerprint density at radius 2 is 1.87 bits per heavy atom. The number of hydrogen-bond acceptors (Lipinski definition) is 6. The van der Waals surface area contributed by atoms with E-state index in [1.807, 2.05) is 0 Å². The van der Waals surface area contributed by atoms with Crippen molar-refractivity contribution < 1.29 is 29.6 Å². The van der Waals surface area contributed by atoms with Gasteiger partial charge < -0.3 is 24.8 Å². The number of rotatable bonds is 3. The molecule has 0 radical (unpaired) electrons. The van der Waals surface area contributed by atoms with Crippen LogP contribution in [0.15, 0.2) is 0 Å². The van der Waals surface area contributed by atoms with Crippen LogP contribution in [0.4, 0.5) is 0 Å². The lowest BCUT2D eigenvalue weighted by molar-refractivity contribution is -0.288. The molecule has 88 valence electrons. The van der Waals surface area contributed by atoms with Gasteiger partial charge in [-0.2, -0.15) is 0 Å². The molecule has 0 aliphatic carbocycles. The first kappa shape index (κ1) is 12.5. The summed E-state index contributed by atoms with van der Waals surface area (Å²) in [4.78, 5) is 11.1. The fraction of sp³-hybridized carbons (Fsp3) is 0.889. The van der Waals surface area contributed by atoms with Gasteiger partial charge in [-0.3, -0.25) is 4.79 Å². The number of hydrogen-bond donors (Lipinski definition) is 3. The summed E-state index contributed by atoms with van der Waals surface area (Å²) in [5.41, 5.74) is 0. The predicted octanol–water partition coefficient (Wildman–Crippen LogP) is -1.58. The van der Waals surface area contributed by atoms with E-state index in [-0.39, 0.29) is 6.61 Å². The number of ketones is 1. The van der Waals surface area contributed by atoms with Crippen LogP contribution in [0, 0.1) is 0 Å². The summed E-state index contributed by atoms with van der Waals surface area (Å²) in [6.45, 7) is 3.20. The normalized spacial score (nSPS) is 41.5. The average molecular weight is 220 g/mol. The van der Waals surface area contributed by atoms with E-state index in [4.69, 9.17) is 9.47 Å². The molecule has 0 amide bonds. The van der Waals surface area contributed by atoms with Gasteiger partial charge in [-0.05, 0) is 13.8 Å². The van der Waals surface area contributed by atoms with Crippen LogP contribution in [0.5, 0.6) is 0 Å². The minimum Gasteiger partial charge on any atom is -0.387 e. The summed E-state index contributed by atoms with van der Waals surface area (Å²) in [7, 11) is 0. The number of ether oxygens (including phenoxy) is 2. The molecular formula is C9H16O6. The van der Waals surface area contributed by atoms with Crippen LogP contribution in [0.25, 0.3) is 0 Å². The lowest BCUT2D eigenvalue weighted by atomic mass is 9.97. The van der Waals surface area contributed by atoms with Gasteiger partial charge in [0.2, 0.25) is 0 Å². The number of Topliss-reactive ketones (excluding diaryl/α,β-unsaturated/α-hetero) is 1. The zero-order valence-electron chi connectivity index (χ0n) is 8.66. The molecule has 1 aliphatic heterocycles. The van der Waals surface area contributed by atoms with Crippen LogP contribution in [0.2, 0.25) is 0 Å². The van der Waals surface area contributed by atoms with Crippen molar-refractivity contribution in [2.45, 2.75) is 44.6 Å². The standard InChI is InChI=1S/C9H16O6/c1-3-14-9-7(13)5(11)6(12)8(15-9)4(2)10/h5-9,11-13H,3H2,1-2H3. The minimum atomic E-state index is -1.44. The van der Waals surface area contributed by atoms with Crippen molar-refractivity contribution in [3.05, 3.63) is 0 Å². The summed E-state index contributed by atoms with van der Waals surface area (Å²) in [6, 6.07) is 0. The first-order chi connectivity index (χ1) is 6.99. The Hall–Kier alpha value is -0.530. The Morgan fingerprint density at radius 1 is 1.27 bits per heavy atom. The van der Waals surface area contributed by atoms with Crippen molar-refractivity contribution >= 4 is 5.78 Å². The highest BCUT2D eigenvalue weighted by Gasteiger charge is 2.45. The molecule has 1 aliphatic rings. The van der Waals surface area contributed by atoms with E-state index in [0.29, 0.717) is 0 Å². The van der Waals surface area contributed by atoms with E-state index in [0.717, 1.165) is 0 Å². The third-order valence-corrected chi connectivity index (χ3v) is 2.30. The maximum absolute atomic E-state index is 11.1. The molecule has 5 unspecified atom stereocenters. The second-order valence-corrected chi connectivity index (χ2v) is 3.46. The monoisotopic (exact) mass is 220 g/mol. The van der Waals surface area contributed by atoms with Gasteiger partial charge >= 0.3 is 0 Å². The van der Waals surface area contributed by atoms with Crippen LogP contribution in [-0.4, -0.2) is 58.4 Å². The fourth-order valence-electron chi connectivity index (χ4n) is 1.49. The molecule has 1 heterocycles. The lowest BCUT2D eigenvalue weighted by Crippen LogP contribution is -2.60. The third-order valence-electron chi connectivity index (χ3n) is 2.30. The van der Waals surface area contributed by atoms with E-state index in [9.17, 15) is 20.1 Å². The summed E-state index contributed by atoms with van der Waals surface area (Å²) in [5, 5.41) is 28.4. The molecule has 0 aromatic rings. The fourth-order valence-corrected chi connectivity index (χ4v) is 1.49. The molecule has 6 heteroatoms. The first-order valence-corrected chi connectivity index (χ1v) is 4.80. The zero-order valence-corrected chi connectivity index (χ0v) is 8.66. The zero-order chi connectivity index (χ0) is 11.6. The van der Waals surface area contributed by atoms with Crippen LogP contribution < -0.4 is 0 Å². The molecule has 15 heavy (non-hydrogen) atoms. The van der Waals surface area contributed by atoms with Crippen LogP contribution in [0.1, 0.15) is 13.8 Å². The van der Waals surface area contributed by atoms with Crippen LogP contribution in [-0.2, 0) is 14.3 Å². The molecule has 0 aromatic heterocycles. The number of carbonyl (C=O) groups is 1. The third kappa shape index (κ3) is 2.53. The summed E-state index contributed by atoms with van der Waals surface area (Å²) < 4.78 is 10.1. The quantitative estimate of drug-likeness (QED) is 0.531. The highest BCUT2D eigenvalue weighted by molar-refractivity contribution is 5.81. The maximum atomic E-state index is 11.1. The molecule has 0 aromatic carbocycles. The Morgan fingerprint density at radius 3 is 2.33 bits per heavy atom. The molecule has 0 bridgehead atoms. The molecule has 0 saturated carbocycles. The van der Waals surface area contributed by atoms with E-state index in [1.54, 1.807) is 6.92 Å². The highest BCUT2D eigenvalue weighted by atomic mass is 16.7. The van der Waals surface area contributed by atoms with Gasteiger partial charge in [-0.1, -0.05) is 0 Å². The maximum Gasteiger partial charge on any atom is 0.187 e. The van der Waals surface area contributed by atoms with Gasteiger partial charge in [0.15, 0.2) is 12.1 Å². The van der Waals surface area contributed by atoms with E-state index < -0.39 is 36.5 Å². The van der Waals surface area contributed by atoms with Crippen molar-refractivity contribution in [3.63, 3.8) is 0 Å². The van der Waals surface area contributed by atoms with Gasteiger partial charge in [-0.15, -0.1) is 0 Å². The molecular weight excluding hydrogens is 204 g/mol. The Labute approximate surface area is 87.4 Å². The summed E-state index contributed by atoms with van der Waals surface area (Å²) in [5.74, 6) is -0.418. The Balaban J connectivity index is 2.75. The van der Waals surface area contributed by atoms with Crippen molar-refractivity contribution in [2.75, 3.05) is 6.61 Å². The SMILES string of the molecule is CCOC1OC(C(C)=O)C(O)C(O)C1O. The minimum absolute atomic E-state index is 0.273. The topological polar surface area (TPSA) is 96.2 Å². The van der Waals surface area contributed by atoms with Gasteiger partial charge in [0.25, 0.3) is 0 Å². The molecule has 1 rings (SSSR count). The van der Waals surface area contributed by atoms with Gasteiger partial charge in [0, 0.05) is 6.61 Å². The second-order valence-electron chi connectivity index (χ2n) is 3.46. The summed E-state index contributed by atoms with van der Waals surface area (Å²) in [6.07, 6.45) is -6.45. The largest absolute Gasteiger partial charge is 0.387 e. The number of aliphatic hydroxyl groups is 3. The summed E-state index contributed by atoms with van der Waals surface area (Å²) >= 11 is 0. The lowest BCUT2D eigenvalue weighted by Gasteiger charge is -2.39. The molecule has 1 fully saturated rings. The number of aliphatic hydroxyl groups excluding tert-OH is 3. The van der Waals surface area contributed by atoms with Crippen LogP contribution in [0.3, 0.4) is 0 Å². The van der Waals surface area contributed by atoms with Gasteiger partial charge in [0.05, 0.1) is 0 Å². The van der Waals surface area contributed by atoms with Crippen molar-refractivity contribution in [1.29, 1.82) is 0 Å². The van der Waals surface area contributed by atoms with Gasteiger partial charge in [0.1, 0.15) is 24.4 Å². The molecule has 5 atom stereocenters. The van der Waals surface area contributed by atoms with Crippen molar-refractivity contribution in [1.82, 2.24) is 0 Å². The predicted molar refractivity (Wildman–Crippen MR) is 49.0 cm³/mol. The Bertz CT molecular complexity index is 231. The van der Waals surface area contributed by atoms with E-state index in [1.165, 1.54) is 6.92 Å². The molecule has 6 nitrogen and oxygen atoms in total. The first-order valence-electron chi connectivity index (χ1n) is 4.80. The Kier molecular flexibility index (Phi) is 4.18. The smallest absolute Gasteiger partial charge is 0.187 e. The molecule has 3 N–H and O–H groups in total. The number of carbonyl (C=O) groups excluding carboxylic acids is 1. The average Bonchev–Trinajstić information content (AvgIpc) is 2.18. The van der Waals surface area contributed by atoms with Crippen molar-refractivity contribution in [2.24, 2.45) is 0 Å². The van der Waals surface area contributed by atoms with E-state index in [2.05, 4.69) is 0 Å². The van der Waals surface area contributed by atoms with Crippen LogP contribution >= 0.6 is 0 Å². The van der Waals surface area contributed by atoms with Gasteiger partial charge in [-0.25, -0.2) is 0 Å². The van der Waals surface area contributed by atoms with Crippen molar-refractivity contribution in [3.8, 4) is 0 Å². The molecule has 0 spiro atoms. The second kappa shape index (κ2) is 5.00. The van der Waals surface area contributed by atoms with E-state index >= 15 is 0 Å².